The molecule has 2 rings (SSSR count). The van der Waals surface area contributed by atoms with Gasteiger partial charge in [0.1, 0.15) is 12.6 Å². The lowest BCUT2D eigenvalue weighted by Gasteiger charge is -2.32. The molecular formula is C23H28BrCl2N3O4S. The van der Waals surface area contributed by atoms with Gasteiger partial charge in [-0.05, 0) is 42.7 Å². The second kappa shape index (κ2) is 12.2. The molecule has 0 spiro atoms. The Kier molecular flexibility index (Phi) is 10.2. The average molecular weight is 593 g/mol. The third-order valence-corrected chi connectivity index (χ3v) is 7.40. The number of hydrogen-bond acceptors (Lipinski definition) is 4. The summed E-state index contributed by atoms with van der Waals surface area (Å²) in [6.07, 6.45) is 0.981. The first-order valence-electron chi connectivity index (χ1n) is 10.5. The molecular weight excluding hydrogens is 565 g/mol. The summed E-state index contributed by atoms with van der Waals surface area (Å²) in [6, 6.07) is 11.0. The topological polar surface area (TPSA) is 86.8 Å². The molecule has 0 aliphatic heterocycles. The number of amides is 2. The summed E-state index contributed by atoms with van der Waals surface area (Å²) in [5, 5.41) is 3.01. The fraction of sp³-hybridized carbons (Fsp3) is 0.391. The van der Waals surface area contributed by atoms with Gasteiger partial charge in [0.25, 0.3) is 0 Å². The van der Waals surface area contributed by atoms with Crippen molar-refractivity contribution in [3.63, 3.8) is 0 Å². The van der Waals surface area contributed by atoms with Crippen LogP contribution in [0, 0.1) is 5.92 Å². The van der Waals surface area contributed by atoms with Crippen LogP contribution in [0.3, 0.4) is 0 Å². The highest BCUT2D eigenvalue weighted by Crippen LogP contribution is 2.33. The van der Waals surface area contributed by atoms with Gasteiger partial charge in [-0.1, -0.05) is 71.2 Å². The van der Waals surface area contributed by atoms with E-state index >= 15 is 0 Å². The van der Waals surface area contributed by atoms with Crippen molar-refractivity contribution in [3.8, 4) is 0 Å². The Morgan fingerprint density at radius 3 is 2.32 bits per heavy atom. The number of sulfonamides is 1. The first kappa shape index (κ1) is 28.4. The maximum absolute atomic E-state index is 13.5. The first-order valence-corrected chi connectivity index (χ1v) is 13.9. The van der Waals surface area contributed by atoms with Crippen LogP contribution in [0.5, 0.6) is 0 Å². The van der Waals surface area contributed by atoms with Crippen LogP contribution in [0.15, 0.2) is 46.9 Å². The minimum absolute atomic E-state index is 0.0173. The Morgan fingerprint density at radius 2 is 1.74 bits per heavy atom. The van der Waals surface area contributed by atoms with Gasteiger partial charge in [-0.3, -0.25) is 13.9 Å². The molecule has 0 bridgehead atoms. The Balaban J connectivity index is 2.41. The normalized spacial score (nSPS) is 12.4. The second-order valence-corrected chi connectivity index (χ2v) is 11.9. The van der Waals surface area contributed by atoms with Crippen molar-refractivity contribution in [2.24, 2.45) is 5.92 Å². The molecule has 1 N–H and O–H groups in total. The van der Waals surface area contributed by atoms with Crippen LogP contribution in [-0.2, 0) is 26.2 Å². The molecule has 1 atom stereocenters. The molecule has 2 aromatic rings. The summed E-state index contributed by atoms with van der Waals surface area (Å²) < 4.78 is 26.9. The molecule has 0 radical (unpaired) electrons. The Bertz CT molecular complexity index is 1140. The number of carbonyl (C=O) groups is 2. The zero-order valence-corrected chi connectivity index (χ0v) is 23.3. The molecule has 11 heteroatoms. The minimum atomic E-state index is -3.90. The van der Waals surface area contributed by atoms with Crippen LogP contribution in [-0.4, -0.2) is 50.5 Å². The van der Waals surface area contributed by atoms with Crippen LogP contribution in [0.25, 0.3) is 0 Å². The predicted molar refractivity (Wildman–Crippen MR) is 141 cm³/mol. The standard InChI is InChI=1S/C23H28BrCl2N3O4S/c1-15(2)12-27-23(31)16(3)28(13-17-7-5-8-18(24)11-17)21(30)14-29(34(4,32)33)20-10-6-9-19(25)22(20)26/h5-11,15-16H,12-14H2,1-4H3,(H,27,31). The number of benzene rings is 2. The van der Waals surface area contributed by atoms with Crippen LogP contribution >= 0.6 is 39.1 Å². The van der Waals surface area contributed by atoms with Crippen molar-refractivity contribution in [2.75, 3.05) is 23.7 Å². The van der Waals surface area contributed by atoms with E-state index in [0.29, 0.717) is 6.54 Å². The number of anilines is 1. The van der Waals surface area contributed by atoms with Gasteiger partial charge in [-0.25, -0.2) is 8.42 Å². The third kappa shape index (κ3) is 7.86. The monoisotopic (exact) mass is 591 g/mol. The number of carbonyl (C=O) groups excluding carboxylic acids is 2. The number of rotatable bonds is 10. The van der Waals surface area contributed by atoms with E-state index in [1.165, 1.54) is 17.0 Å². The predicted octanol–water partition coefficient (Wildman–Crippen LogP) is 4.71. The van der Waals surface area contributed by atoms with E-state index in [4.69, 9.17) is 23.2 Å². The lowest BCUT2D eigenvalue weighted by atomic mass is 10.1. The quantitative estimate of drug-likeness (QED) is 0.433. The fourth-order valence-electron chi connectivity index (χ4n) is 3.15. The molecule has 34 heavy (non-hydrogen) atoms. The number of nitrogens with zero attached hydrogens (tertiary/aromatic N) is 2. The second-order valence-electron chi connectivity index (χ2n) is 8.31. The van der Waals surface area contributed by atoms with Gasteiger partial charge in [0.05, 0.1) is 22.0 Å². The lowest BCUT2D eigenvalue weighted by Crippen LogP contribution is -2.51. The van der Waals surface area contributed by atoms with Crippen LogP contribution in [0.2, 0.25) is 10.0 Å². The van der Waals surface area contributed by atoms with E-state index in [9.17, 15) is 18.0 Å². The molecule has 0 aliphatic carbocycles. The molecule has 0 saturated heterocycles. The molecule has 1 unspecified atom stereocenters. The van der Waals surface area contributed by atoms with Gasteiger partial charge in [0.2, 0.25) is 21.8 Å². The SMILES string of the molecule is CC(C)CNC(=O)C(C)N(Cc1cccc(Br)c1)C(=O)CN(c1cccc(Cl)c1Cl)S(C)(=O)=O. The van der Waals surface area contributed by atoms with E-state index in [1.54, 1.807) is 13.0 Å². The molecule has 0 aliphatic rings. The van der Waals surface area contributed by atoms with Gasteiger partial charge in [-0.15, -0.1) is 0 Å². The van der Waals surface area contributed by atoms with Crippen molar-refractivity contribution in [1.82, 2.24) is 10.2 Å². The molecule has 0 saturated carbocycles. The number of nitrogens with one attached hydrogen (secondary N) is 1. The Morgan fingerprint density at radius 1 is 1.09 bits per heavy atom. The highest BCUT2D eigenvalue weighted by atomic mass is 79.9. The summed E-state index contributed by atoms with van der Waals surface area (Å²) in [5.41, 5.74) is 0.863. The van der Waals surface area contributed by atoms with Gasteiger partial charge in [0, 0.05) is 17.6 Å². The average Bonchev–Trinajstić information content (AvgIpc) is 2.75. The smallest absolute Gasteiger partial charge is 0.244 e. The van der Waals surface area contributed by atoms with E-state index in [0.717, 1.165) is 20.6 Å². The molecule has 0 aromatic heterocycles. The molecule has 2 aromatic carbocycles. The largest absolute Gasteiger partial charge is 0.354 e. The van der Waals surface area contributed by atoms with Crippen molar-refractivity contribution in [1.29, 1.82) is 0 Å². The molecule has 2 amide bonds. The van der Waals surface area contributed by atoms with Crippen molar-refractivity contribution in [2.45, 2.75) is 33.4 Å². The molecule has 186 valence electrons. The molecule has 0 heterocycles. The first-order chi connectivity index (χ1) is 15.8. The van der Waals surface area contributed by atoms with Crippen LogP contribution in [0.1, 0.15) is 26.3 Å². The van der Waals surface area contributed by atoms with E-state index in [1.807, 2.05) is 38.1 Å². The maximum Gasteiger partial charge on any atom is 0.244 e. The van der Waals surface area contributed by atoms with E-state index in [-0.39, 0.29) is 34.1 Å². The lowest BCUT2D eigenvalue weighted by molar-refractivity contribution is -0.139. The number of hydrogen-bond donors (Lipinski definition) is 1. The van der Waals surface area contributed by atoms with Gasteiger partial charge in [0.15, 0.2) is 0 Å². The molecule has 0 fully saturated rings. The summed E-state index contributed by atoms with van der Waals surface area (Å²) in [5.74, 6) is -0.659. The Hall–Kier alpha value is -1.81. The van der Waals surface area contributed by atoms with Gasteiger partial charge in [-0.2, -0.15) is 0 Å². The summed E-state index contributed by atoms with van der Waals surface area (Å²) >= 11 is 15.7. The molecule has 7 nitrogen and oxygen atoms in total. The zero-order valence-electron chi connectivity index (χ0n) is 19.4. The van der Waals surface area contributed by atoms with Gasteiger partial charge < -0.3 is 10.2 Å². The maximum atomic E-state index is 13.5. The summed E-state index contributed by atoms with van der Waals surface area (Å²) in [7, 11) is -3.90. The zero-order chi connectivity index (χ0) is 25.6. The van der Waals surface area contributed by atoms with Crippen molar-refractivity contribution in [3.05, 3.63) is 62.5 Å². The fourth-order valence-corrected chi connectivity index (χ4v) is 4.90. The highest BCUT2D eigenvalue weighted by Gasteiger charge is 2.31. The van der Waals surface area contributed by atoms with E-state index in [2.05, 4.69) is 21.2 Å². The van der Waals surface area contributed by atoms with Crippen LogP contribution in [0.4, 0.5) is 5.69 Å². The third-order valence-electron chi connectivity index (χ3n) is 4.97. The van der Waals surface area contributed by atoms with Crippen molar-refractivity contribution >= 4 is 66.7 Å². The van der Waals surface area contributed by atoms with Crippen LogP contribution < -0.4 is 9.62 Å². The number of halogens is 3. The van der Waals surface area contributed by atoms with E-state index < -0.39 is 28.5 Å². The summed E-state index contributed by atoms with van der Waals surface area (Å²) in [4.78, 5) is 27.7. The minimum Gasteiger partial charge on any atom is -0.354 e. The van der Waals surface area contributed by atoms with Gasteiger partial charge >= 0.3 is 0 Å². The summed E-state index contributed by atoms with van der Waals surface area (Å²) in [6.45, 7) is 5.56. The Labute approximate surface area is 219 Å². The van der Waals surface area contributed by atoms with Crippen molar-refractivity contribution < 1.29 is 18.0 Å². The highest BCUT2D eigenvalue weighted by molar-refractivity contribution is 9.10.